The summed E-state index contributed by atoms with van der Waals surface area (Å²) < 4.78 is 5.96. The Hall–Kier alpha value is -0.600. The highest BCUT2D eigenvalue weighted by Crippen LogP contribution is 2.23. The Morgan fingerprint density at radius 2 is 2.28 bits per heavy atom. The molecule has 0 saturated carbocycles. The van der Waals surface area contributed by atoms with Crippen LogP contribution in [0.25, 0.3) is 0 Å². The second-order valence-corrected chi connectivity index (χ2v) is 5.67. The van der Waals surface area contributed by atoms with Gasteiger partial charge in [0.15, 0.2) is 0 Å². The predicted molar refractivity (Wildman–Crippen MR) is 76.6 cm³/mol. The molecular weight excluding hydrogens is 224 g/mol. The standard InChI is InChI=1S/C16H28O2/c1-13(2)6-4-7-14(3)12-16-9-5-8-15(18-16)10-11-17/h5-6,8,14-17H,4,7,9-12H2,1-3H3/t14-,15-,16-/m0/s1. The fourth-order valence-corrected chi connectivity index (χ4v) is 2.40. The van der Waals surface area contributed by atoms with E-state index >= 15 is 0 Å². The van der Waals surface area contributed by atoms with E-state index in [4.69, 9.17) is 9.84 Å². The minimum absolute atomic E-state index is 0.124. The van der Waals surface area contributed by atoms with Gasteiger partial charge in [0, 0.05) is 13.0 Å². The highest BCUT2D eigenvalue weighted by Gasteiger charge is 2.19. The van der Waals surface area contributed by atoms with E-state index in [0.717, 1.165) is 19.3 Å². The highest BCUT2D eigenvalue weighted by molar-refractivity contribution is 4.96. The molecule has 0 aromatic carbocycles. The van der Waals surface area contributed by atoms with Crippen molar-refractivity contribution in [1.29, 1.82) is 0 Å². The summed E-state index contributed by atoms with van der Waals surface area (Å²) in [4.78, 5) is 0. The Kier molecular flexibility index (Phi) is 7.29. The summed E-state index contributed by atoms with van der Waals surface area (Å²) in [5, 5.41) is 8.93. The molecule has 0 aromatic rings. The Labute approximate surface area is 112 Å². The maximum atomic E-state index is 8.93. The molecule has 1 rings (SSSR count). The zero-order valence-corrected chi connectivity index (χ0v) is 12.1. The Morgan fingerprint density at radius 1 is 1.50 bits per heavy atom. The maximum Gasteiger partial charge on any atom is 0.0781 e. The molecular formula is C16H28O2. The van der Waals surface area contributed by atoms with Gasteiger partial charge in [-0.2, -0.15) is 0 Å². The monoisotopic (exact) mass is 252 g/mol. The van der Waals surface area contributed by atoms with Gasteiger partial charge in [-0.15, -0.1) is 0 Å². The van der Waals surface area contributed by atoms with Crippen molar-refractivity contribution in [2.75, 3.05) is 6.61 Å². The van der Waals surface area contributed by atoms with Crippen LogP contribution >= 0.6 is 0 Å². The minimum Gasteiger partial charge on any atom is -0.396 e. The van der Waals surface area contributed by atoms with E-state index in [0.29, 0.717) is 12.0 Å². The summed E-state index contributed by atoms with van der Waals surface area (Å²) in [6, 6.07) is 0. The van der Waals surface area contributed by atoms with Crippen molar-refractivity contribution in [3.8, 4) is 0 Å². The van der Waals surface area contributed by atoms with Crippen molar-refractivity contribution in [1.82, 2.24) is 0 Å². The van der Waals surface area contributed by atoms with Crippen LogP contribution in [-0.4, -0.2) is 23.9 Å². The molecule has 0 spiro atoms. The summed E-state index contributed by atoms with van der Waals surface area (Å²) in [7, 11) is 0. The van der Waals surface area contributed by atoms with Crippen LogP contribution in [0.4, 0.5) is 0 Å². The van der Waals surface area contributed by atoms with Gasteiger partial charge in [0.2, 0.25) is 0 Å². The number of rotatable bonds is 7. The van der Waals surface area contributed by atoms with Gasteiger partial charge in [0.1, 0.15) is 0 Å². The summed E-state index contributed by atoms with van der Waals surface area (Å²) in [5.41, 5.74) is 1.40. The molecule has 0 aromatic heterocycles. The third-order valence-corrected chi connectivity index (χ3v) is 3.41. The molecule has 0 fully saturated rings. The van der Waals surface area contributed by atoms with Gasteiger partial charge in [0.25, 0.3) is 0 Å². The molecule has 0 bridgehead atoms. The number of ether oxygens (including phenoxy) is 1. The summed E-state index contributed by atoms with van der Waals surface area (Å²) >= 11 is 0. The van der Waals surface area contributed by atoms with Gasteiger partial charge in [-0.05, 0) is 45.4 Å². The lowest BCUT2D eigenvalue weighted by Crippen LogP contribution is -2.26. The topological polar surface area (TPSA) is 29.5 Å². The van der Waals surface area contributed by atoms with Crippen LogP contribution in [-0.2, 0) is 4.74 Å². The van der Waals surface area contributed by atoms with E-state index in [1.54, 1.807) is 0 Å². The van der Waals surface area contributed by atoms with Crippen molar-refractivity contribution >= 4 is 0 Å². The largest absolute Gasteiger partial charge is 0.396 e. The molecule has 0 saturated heterocycles. The average molecular weight is 252 g/mol. The number of aliphatic hydroxyl groups is 1. The number of hydrogen-bond acceptors (Lipinski definition) is 2. The molecule has 1 aliphatic rings. The first-order valence-corrected chi connectivity index (χ1v) is 7.18. The van der Waals surface area contributed by atoms with Crippen molar-refractivity contribution in [3.05, 3.63) is 23.8 Å². The minimum atomic E-state index is 0.124. The molecule has 0 amide bonds. The fraction of sp³-hybridized carbons (Fsp3) is 0.750. The molecule has 2 heteroatoms. The van der Waals surface area contributed by atoms with E-state index in [1.807, 2.05) is 0 Å². The van der Waals surface area contributed by atoms with E-state index in [-0.39, 0.29) is 12.7 Å². The van der Waals surface area contributed by atoms with Crippen molar-refractivity contribution in [3.63, 3.8) is 0 Å². The number of allylic oxidation sites excluding steroid dienone is 2. The van der Waals surface area contributed by atoms with Crippen LogP contribution in [0, 0.1) is 5.92 Å². The Bertz CT molecular complexity index is 277. The van der Waals surface area contributed by atoms with Crippen molar-refractivity contribution < 1.29 is 9.84 Å². The van der Waals surface area contributed by atoms with Crippen molar-refractivity contribution in [2.45, 2.75) is 65.1 Å². The maximum absolute atomic E-state index is 8.93. The summed E-state index contributed by atoms with van der Waals surface area (Å²) in [6.07, 6.45) is 12.3. The van der Waals surface area contributed by atoms with Gasteiger partial charge >= 0.3 is 0 Å². The van der Waals surface area contributed by atoms with E-state index in [1.165, 1.54) is 18.4 Å². The molecule has 0 unspecified atom stereocenters. The number of aliphatic hydroxyl groups excluding tert-OH is 1. The van der Waals surface area contributed by atoms with Crippen LogP contribution in [0.1, 0.15) is 52.9 Å². The molecule has 104 valence electrons. The van der Waals surface area contributed by atoms with Crippen LogP contribution in [0.15, 0.2) is 23.8 Å². The molecule has 0 radical (unpaired) electrons. The third kappa shape index (κ3) is 6.36. The lowest BCUT2D eigenvalue weighted by atomic mass is 9.95. The summed E-state index contributed by atoms with van der Waals surface area (Å²) in [5.74, 6) is 0.701. The van der Waals surface area contributed by atoms with Crippen LogP contribution < -0.4 is 0 Å². The van der Waals surface area contributed by atoms with Gasteiger partial charge in [-0.3, -0.25) is 0 Å². The second-order valence-electron chi connectivity index (χ2n) is 5.67. The van der Waals surface area contributed by atoms with Crippen LogP contribution in [0.2, 0.25) is 0 Å². The smallest absolute Gasteiger partial charge is 0.0781 e. The summed E-state index contributed by atoms with van der Waals surface area (Å²) in [6.45, 7) is 6.82. The van der Waals surface area contributed by atoms with Gasteiger partial charge in [0.05, 0.1) is 12.2 Å². The normalized spacial score (nSPS) is 24.9. The molecule has 3 atom stereocenters. The zero-order chi connectivity index (χ0) is 13.4. The van der Waals surface area contributed by atoms with E-state index in [2.05, 4.69) is 39.0 Å². The van der Waals surface area contributed by atoms with Crippen LogP contribution in [0.5, 0.6) is 0 Å². The first-order valence-electron chi connectivity index (χ1n) is 7.18. The first kappa shape index (κ1) is 15.5. The molecule has 1 heterocycles. The van der Waals surface area contributed by atoms with Crippen LogP contribution in [0.3, 0.4) is 0 Å². The molecule has 1 N–H and O–H groups in total. The van der Waals surface area contributed by atoms with Crippen molar-refractivity contribution in [2.24, 2.45) is 5.92 Å². The quantitative estimate of drug-likeness (QED) is 0.697. The Morgan fingerprint density at radius 3 is 2.94 bits per heavy atom. The lowest BCUT2D eigenvalue weighted by molar-refractivity contribution is -0.0159. The molecule has 0 aliphatic carbocycles. The number of hydrogen-bond donors (Lipinski definition) is 1. The third-order valence-electron chi connectivity index (χ3n) is 3.41. The molecule has 18 heavy (non-hydrogen) atoms. The fourth-order valence-electron chi connectivity index (χ4n) is 2.40. The lowest BCUT2D eigenvalue weighted by Gasteiger charge is -2.27. The first-order chi connectivity index (χ1) is 8.61. The average Bonchev–Trinajstić information content (AvgIpc) is 2.29. The second kappa shape index (κ2) is 8.49. The van der Waals surface area contributed by atoms with Gasteiger partial charge < -0.3 is 9.84 Å². The highest BCUT2D eigenvalue weighted by atomic mass is 16.5. The van der Waals surface area contributed by atoms with E-state index < -0.39 is 0 Å². The van der Waals surface area contributed by atoms with E-state index in [9.17, 15) is 0 Å². The molecule has 1 aliphatic heterocycles. The SMILES string of the molecule is CC(C)=CCC[C@H](C)C[C@@H]1CC=C[C@@H](CCO)O1. The Balaban J connectivity index is 2.25. The zero-order valence-electron chi connectivity index (χ0n) is 12.1. The predicted octanol–water partition coefficient (Wildman–Crippen LogP) is 3.86. The van der Waals surface area contributed by atoms with Gasteiger partial charge in [-0.1, -0.05) is 30.7 Å². The molecule has 2 nitrogen and oxygen atoms in total. The van der Waals surface area contributed by atoms with Gasteiger partial charge in [-0.25, -0.2) is 0 Å².